The molecule has 1 aliphatic rings. The molecule has 1 rings (SSSR count). The van der Waals surface area contributed by atoms with Gasteiger partial charge in [0.05, 0.1) is 11.0 Å². The van der Waals surface area contributed by atoms with Gasteiger partial charge in [-0.15, -0.1) is 0 Å². The van der Waals surface area contributed by atoms with E-state index in [1.807, 2.05) is 6.92 Å². The first-order chi connectivity index (χ1) is 5.53. The Balaban J connectivity index is 2.33. The molecule has 0 spiro atoms. The van der Waals surface area contributed by atoms with Crippen molar-refractivity contribution in [2.24, 2.45) is 5.41 Å². The van der Waals surface area contributed by atoms with Crippen LogP contribution in [0.25, 0.3) is 0 Å². The van der Waals surface area contributed by atoms with Gasteiger partial charge in [-0.05, 0) is 24.7 Å². The monoisotopic (exact) mass is 189 g/mol. The number of hydrogen-bond donors (Lipinski definition) is 1. The van der Waals surface area contributed by atoms with Crippen LogP contribution in [0.3, 0.4) is 0 Å². The van der Waals surface area contributed by atoms with E-state index in [-0.39, 0.29) is 0 Å². The van der Waals surface area contributed by atoms with Crippen molar-refractivity contribution >= 4 is 11.0 Å². The van der Waals surface area contributed by atoms with Gasteiger partial charge in [-0.2, -0.15) is 0 Å². The van der Waals surface area contributed by atoms with Crippen LogP contribution in [0.4, 0.5) is 0 Å². The molecule has 0 heterocycles. The Hall–Kier alpha value is 0.110. The lowest BCUT2D eigenvalue weighted by Crippen LogP contribution is -2.30. The molecule has 72 valence electrons. The van der Waals surface area contributed by atoms with Gasteiger partial charge in [-0.1, -0.05) is 20.8 Å². The van der Waals surface area contributed by atoms with Crippen molar-refractivity contribution in [2.75, 3.05) is 5.75 Å². The molecule has 0 bridgehead atoms. The molecule has 2 atom stereocenters. The Kier molecular flexibility index (Phi) is 3.29. The Morgan fingerprint density at radius 1 is 1.58 bits per heavy atom. The van der Waals surface area contributed by atoms with Gasteiger partial charge >= 0.3 is 0 Å². The summed E-state index contributed by atoms with van der Waals surface area (Å²) < 4.78 is 14.3. The molecule has 0 radical (unpaired) electrons. The van der Waals surface area contributed by atoms with E-state index in [1.54, 1.807) is 0 Å². The summed E-state index contributed by atoms with van der Waals surface area (Å²) in [7, 11) is -0.800. The van der Waals surface area contributed by atoms with Crippen molar-refractivity contribution in [3.05, 3.63) is 0 Å². The van der Waals surface area contributed by atoms with Crippen LogP contribution in [0.2, 0.25) is 0 Å². The topological polar surface area (TPSA) is 29.1 Å². The molecule has 2 nitrogen and oxygen atoms in total. The SMILES string of the molecule is CCS(=O)NC1CCC(C)(C)C1. The quantitative estimate of drug-likeness (QED) is 0.721. The maximum absolute atomic E-state index is 11.2. The van der Waals surface area contributed by atoms with E-state index in [4.69, 9.17) is 0 Å². The Morgan fingerprint density at radius 3 is 2.67 bits per heavy atom. The minimum atomic E-state index is -0.800. The summed E-state index contributed by atoms with van der Waals surface area (Å²) in [4.78, 5) is 0. The van der Waals surface area contributed by atoms with Crippen LogP contribution in [0.5, 0.6) is 0 Å². The van der Waals surface area contributed by atoms with Crippen LogP contribution in [0, 0.1) is 5.41 Å². The average molecular weight is 189 g/mol. The molecule has 0 amide bonds. The summed E-state index contributed by atoms with van der Waals surface area (Å²) in [5.74, 6) is 0.719. The molecule has 0 aliphatic heterocycles. The average Bonchev–Trinajstić information content (AvgIpc) is 2.30. The van der Waals surface area contributed by atoms with Crippen molar-refractivity contribution in [1.29, 1.82) is 0 Å². The summed E-state index contributed by atoms with van der Waals surface area (Å²) in [5, 5.41) is 0. The van der Waals surface area contributed by atoms with E-state index in [2.05, 4.69) is 18.6 Å². The second-order valence-electron chi connectivity index (χ2n) is 4.36. The van der Waals surface area contributed by atoms with Gasteiger partial charge < -0.3 is 0 Å². The first-order valence-electron chi connectivity index (χ1n) is 4.68. The minimum Gasteiger partial charge on any atom is -0.243 e. The van der Waals surface area contributed by atoms with Crippen LogP contribution in [0.1, 0.15) is 40.0 Å². The fraction of sp³-hybridized carbons (Fsp3) is 1.00. The lowest BCUT2D eigenvalue weighted by atomic mass is 9.92. The zero-order chi connectivity index (χ0) is 9.19. The maximum atomic E-state index is 11.2. The van der Waals surface area contributed by atoms with E-state index in [9.17, 15) is 4.21 Å². The van der Waals surface area contributed by atoms with Gasteiger partial charge in [0, 0.05) is 11.8 Å². The standard InChI is InChI=1S/C9H19NOS/c1-4-12(11)10-8-5-6-9(2,3)7-8/h8,10H,4-7H2,1-3H3. The molecule has 2 unspecified atom stereocenters. The lowest BCUT2D eigenvalue weighted by molar-refractivity contribution is 0.373. The summed E-state index contributed by atoms with van der Waals surface area (Å²) in [5.41, 5.74) is 0.454. The smallest absolute Gasteiger partial charge is 0.0915 e. The van der Waals surface area contributed by atoms with Crippen molar-refractivity contribution in [2.45, 2.75) is 46.1 Å². The van der Waals surface area contributed by atoms with Gasteiger partial charge in [0.2, 0.25) is 0 Å². The van der Waals surface area contributed by atoms with Gasteiger partial charge in [0.25, 0.3) is 0 Å². The van der Waals surface area contributed by atoms with Crippen LogP contribution in [-0.4, -0.2) is 16.0 Å². The summed E-state index contributed by atoms with van der Waals surface area (Å²) in [6.07, 6.45) is 3.60. The number of nitrogens with one attached hydrogen (secondary N) is 1. The van der Waals surface area contributed by atoms with Crippen molar-refractivity contribution in [1.82, 2.24) is 4.72 Å². The molecule has 1 N–H and O–H groups in total. The largest absolute Gasteiger partial charge is 0.243 e. The third-order valence-corrected chi connectivity index (χ3v) is 3.65. The van der Waals surface area contributed by atoms with E-state index in [1.165, 1.54) is 19.3 Å². The van der Waals surface area contributed by atoms with Crippen molar-refractivity contribution in [3.8, 4) is 0 Å². The molecule has 3 heteroatoms. The predicted molar refractivity (Wildman–Crippen MR) is 53.2 cm³/mol. The highest BCUT2D eigenvalue weighted by Crippen LogP contribution is 2.36. The highest BCUT2D eigenvalue weighted by atomic mass is 32.2. The van der Waals surface area contributed by atoms with Gasteiger partial charge in [0.1, 0.15) is 0 Å². The fourth-order valence-electron chi connectivity index (χ4n) is 1.81. The fourth-order valence-corrected chi connectivity index (χ4v) is 2.55. The molecule has 1 saturated carbocycles. The summed E-state index contributed by atoms with van der Waals surface area (Å²) in [6.45, 7) is 6.51. The maximum Gasteiger partial charge on any atom is 0.0915 e. The van der Waals surface area contributed by atoms with E-state index >= 15 is 0 Å². The second-order valence-corrected chi connectivity index (χ2v) is 5.86. The molecule has 12 heavy (non-hydrogen) atoms. The van der Waals surface area contributed by atoms with Crippen LogP contribution in [0.15, 0.2) is 0 Å². The van der Waals surface area contributed by atoms with Gasteiger partial charge in [-0.3, -0.25) is 0 Å². The number of rotatable bonds is 3. The highest BCUT2D eigenvalue weighted by Gasteiger charge is 2.31. The summed E-state index contributed by atoms with van der Waals surface area (Å²) in [6, 6.07) is 0.487. The van der Waals surface area contributed by atoms with Gasteiger partial charge in [-0.25, -0.2) is 8.93 Å². The second kappa shape index (κ2) is 3.88. The highest BCUT2D eigenvalue weighted by molar-refractivity contribution is 7.82. The first kappa shape index (κ1) is 10.2. The normalized spacial score (nSPS) is 30.4. The molecule has 1 fully saturated rings. The molecule has 0 aromatic rings. The Bertz CT molecular complexity index is 179. The zero-order valence-electron chi connectivity index (χ0n) is 8.22. The van der Waals surface area contributed by atoms with E-state index in [0.717, 1.165) is 5.75 Å². The third-order valence-electron chi connectivity index (χ3n) is 2.53. The van der Waals surface area contributed by atoms with Gasteiger partial charge in [0.15, 0.2) is 0 Å². The Morgan fingerprint density at radius 2 is 2.25 bits per heavy atom. The van der Waals surface area contributed by atoms with Crippen molar-refractivity contribution < 1.29 is 4.21 Å². The first-order valence-corrected chi connectivity index (χ1v) is 6.00. The molecule has 1 aliphatic carbocycles. The lowest BCUT2D eigenvalue weighted by Gasteiger charge is -2.17. The molecular weight excluding hydrogens is 170 g/mol. The van der Waals surface area contributed by atoms with Crippen LogP contribution >= 0.6 is 0 Å². The number of hydrogen-bond acceptors (Lipinski definition) is 1. The predicted octanol–water partition coefficient (Wildman–Crippen LogP) is 1.84. The zero-order valence-corrected chi connectivity index (χ0v) is 9.04. The summed E-state index contributed by atoms with van der Waals surface area (Å²) >= 11 is 0. The third kappa shape index (κ3) is 2.87. The van der Waals surface area contributed by atoms with Crippen LogP contribution in [-0.2, 0) is 11.0 Å². The molecule has 0 aromatic heterocycles. The molecular formula is C9H19NOS. The Labute approximate surface area is 77.7 Å². The minimum absolute atomic E-state index is 0.454. The van der Waals surface area contributed by atoms with Crippen molar-refractivity contribution in [3.63, 3.8) is 0 Å². The molecule has 0 saturated heterocycles. The van der Waals surface area contributed by atoms with E-state index < -0.39 is 11.0 Å². The molecule has 0 aromatic carbocycles. The van der Waals surface area contributed by atoms with Crippen LogP contribution < -0.4 is 4.72 Å². The van der Waals surface area contributed by atoms with E-state index in [0.29, 0.717) is 11.5 Å².